The average molecular weight is 340 g/mol. The molecule has 4 aliphatic rings. The van der Waals surface area contributed by atoms with Crippen molar-refractivity contribution >= 4 is 18.0 Å². The molecule has 1 aliphatic heterocycles. The lowest BCUT2D eigenvalue weighted by molar-refractivity contribution is -0.140. The molecule has 5 rings (SSSR count). The lowest BCUT2D eigenvalue weighted by Crippen LogP contribution is -2.38. The second-order valence-corrected chi connectivity index (χ2v) is 6.68. The van der Waals surface area contributed by atoms with Crippen molar-refractivity contribution < 1.29 is 19.1 Å². The van der Waals surface area contributed by atoms with Gasteiger partial charge in [0.2, 0.25) is 0 Å². The first kappa shape index (κ1) is 15.9. The van der Waals surface area contributed by atoms with Crippen molar-refractivity contribution in [2.45, 2.75) is 12.8 Å². The van der Waals surface area contributed by atoms with E-state index in [0.29, 0.717) is 17.1 Å². The monoisotopic (exact) mass is 340 g/mol. The van der Waals surface area contributed by atoms with E-state index in [1.54, 1.807) is 32.4 Å². The van der Waals surface area contributed by atoms with E-state index >= 15 is 0 Å². The van der Waals surface area contributed by atoms with Crippen LogP contribution in [0.2, 0.25) is 0 Å². The molecule has 1 aromatic carbocycles. The Balaban J connectivity index is 1.63. The molecule has 3 aliphatic carbocycles. The van der Waals surface area contributed by atoms with Crippen molar-refractivity contribution in [2.75, 3.05) is 14.2 Å². The van der Waals surface area contributed by atoms with Crippen molar-refractivity contribution in [2.24, 2.45) is 28.8 Å². The molecule has 0 unspecified atom stereocenters. The Labute approximate surface area is 146 Å². The molecule has 0 aromatic heterocycles. The van der Waals surface area contributed by atoms with Crippen LogP contribution in [0, 0.1) is 23.7 Å². The number of ether oxygens (including phenoxy) is 2. The summed E-state index contributed by atoms with van der Waals surface area (Å²) in [4.78, 5) is 25.5. The van der Waals surface area contributed by atoms with Gasteiger partial charge in [0.05, 0.1) is 32.3 Å². The number of hydrogen-bond donors (Lipinski definition) is 0. The van der Waals surface area contributed by atoms with Gasteiger partial charge in [0.1, 0.15) is 11.5 Å². The van der Waals surface area contributed by atoms with Gasteiger partial charge in [-0.15, -0.1) is 0 Å². The summed E-state index contributed by atoms with van der Waals surface area (Å²) < 4.78 is 10.5. The third-order valence-electron chi connectivity index (χ3n) is 5.49. The summed E-state index contributed by atoms with van der Waals surface area (Å²) in [5.74, 6) is 0.705. The molecule has 1 saturated carbocycles. The van der Waals surface area contributed by atoms with Crippen molar-refractivity contribution in [3.05, 3.63) is 35.9 Å². The molecule has 25 heavy (non-hydrogen) atoms. The molecular weight excluding hydrogens is 320 g/mol. The molecule has 0 radical (unpaired) electrons. The number of carbonyl (C=O) groups is 2. The summed E-state index contributed by atoms with van der Waals surface area (Å²) in [5, 5.41) is 5.25. The van der Waals surface area contributed by atoms with Crippen LogP contribution in [-0.4, -0.2) is 37.3 Å². The second-order valence-electron chi connectivity index (χ2n) is 6.68. The Kier molecular flexibility index (Phi) is 3.82. The number of nitrogens with zero attached hydrogens (tertiary/aromatic N) is 2. The maximum atomic E-state index is 12.7. The first-order valence-electron chi connectivity index (χ1n) is 8.46. The third-order valence-corrected chi connectivity index (χ3v) is 5.49. The van der Waals surface area contributed by atoms with Crippen LogP contribution in [0.4, 0.5) is 0 Å². The fraction of sp³-hybridized carbons (Fsp3) is 0.421. The Morgan fingerprint density at radius 3 is 2.20 bits per heavy atom. The van der Waals surface area contributed by atoms with Crippen molar-refractivity contribution in [3.8, 4) is 11.5 Å². The molecule has 4 atom stereocenters. The van der Waals surface area contributed by atoms with Gasteiger partial charge < -0.3 is 9.47 Å². The summed E-state index contributed by atoms with van der Waals surface area (Å²) in [5.41, 5.74) is 0.651. The maximum absolute atomic E-state index is 12.7. The first-order valence-corrected chi connectivity index (χ1v) is 8.46. The van der Waals surface area contributed by atoms with Crippen LogP contribution in [0.5, 0.6) is 11.5 Å². The van der Waals surface area contributed by atoms with E-state index in [1.165, 1.54) is 6.21 Å². The van der Waals surface area contributed by atoms with Gasteiger partial charge in [-0.25, -0.2) is 0 Å². The van der Waals surface area contributed by atoms with E-state index in [9.17, 15) is 9.59 Å². The summed E-state index contributed by atoms with van der Waals surface area (Å²) in [6.45, 7) is 0. The van der Waals surface area contributed by atoms with E-state index in [4.69, 9.17) is 9.47 Å². The standard InChI is InChI=1S/C19H20N2O4/c1-24-14-7-8-15(25-2)13(9-14)10-20-21-18(22)16-11-3-4-12(6-5-11)17(16)19(21)23/h3-4,7-12,16-17H,5-6H2,1-2H3/b20-10-/t11-,12-,16-,17+/m1/s1. The Morgan fingerprint density at radius 1 is 1.04 bits per heavy atom. The van der Waals surface area contributed by atoms with Gasteiger partial charge >= 0.3 is 0 Å². The number of rotatable bonds is 4. The Morgan fingerprint density at radius 2 is 1.68 bits per heavy atom. The zero-order valence-electron chi connectivity index (χ0n) is 14.2. The van der Waals surface area contributed by atoms with Gasteiger partial charge in [0, 0.05) is 5.56 Å². The third kappa shape index (κ3) is 2.44. The normalized spacial score (nSPS) is 30.2. The summed E-state index contributed by atoms with van der Waals surface area (Å²) in [6, 6.07) is 5.30. The molecule has 1 heterocycles. The highest BCUT2D eigenvalue weighted by Gasteiger charge is 2.56. The minimum absolute atomic E-state index is 0.165. The summed E-state index contributed by atoms with van der Waals surface area (Å²) >= 11 is 0. The van der Waals surface area contributed by atoms with E-state index in [0.717, 1.165) is 17.9 Å². The quantitative estimate of drug-likeness (QED) is 0.479. The predicted octanol–water partition coefficient (Wildman–Crippen LogP) is 2.23. The fourth-order valence-corrected chi connectivity index (χ4v) is 4.23. The predicted molar refractivity (Wildman–Crippen MR) is 91.3 cm³/mol. The second kappa shape index (κ2) is 6.02. The smallest absolute Gasteiger partial charge is 0.254 e. The number of fused-ring (bicyclic) bond motifs is 1. The number of benzene rings is 1. The number of methoxy groups -OCH3 is 2. The molecule has 1 saturated heterocycles. The van der Waals surface area contributed by atoms with Gasteiger partial charge in [0.15, 0.2) is 0 Å². The highest BCUT2D eigenvalue weighted by atomic mass is 16.5. The number of hydrogen-bond acceptors (Lipinski definition) is 5. The number of carbonyl (C=O) groups excluding carboxylic acids is 2. The van der Waals surface area contributed by atoms with Crippen LogP contribution in [0.1, 0.15) is 18.4 Å². The molecule has 6 nitrogen and oxygen atoms in total. The highest BCUT2D eigenvalue weighted by Crippen LogP contribution is 2.49. The van der Waals surface area contributed by atoms with Gasteiger partial charge in [-0.3, -0.25) is 9.59 Å². The maximum Gasteiger partial charge on any atom is 0.254 e. The molecule has 2 bridgehead atoms. The van der Waals surface area contributed by atoms with E-state index in [2.05, 4.69) is 17.3 Å². The van der Waals surface area contributed by atoms with Gasteiger partial charge in [-0.2, -0.15) is 10.1 Å². The van der Waals surface area contributed by atoms with Gasteiger partial charge in [0.25, 0.3) is 11.8 Å². The molecule has 1 aromatic rings. The lowest BCUT2D eigenvalue weighted by Gasteiger charge is -2.37. The minimum Gasteiger partial charge on any atom is -0.497 e. The van der Waals surface area contributed by atoms with Crippen molar-refractivity contribution in [1.82, 2.24) is 5.01 Å². The SMILES string of the molecule is COc1ccc(OC)c(/C=N\N2C(=O)[C@@H]3[C@H](C2=O)[C@@H]2C=C[C@@H]3CC2)c1. The molecule has 130 valence electrons. The van der Waals surface area contributed by atoms with Crippen molar-refractivity contribution in [1.29, 1.82) is 0 Å². The van der Waals surface area contributed by atoms with Crippen LogP contribution in [0.25, 0.3) is 0 Å². The van der Waals surface area contributed by atoms with Crippen LogP contribution < -0.4 is 9.47 Å². The van der Waals surface area contributed by atoms with E-state index in [-0.39, 0.29) is 35.5 Å². The van der Waals surface area contributed by atoms with Crippen molar-refractivity contribution in [3.63, 3.8) is 0 Å². The Bertz CT molecular complexity index is 754. The Hall–Kier alpha value is -2.63. The average Bonchev–Trinajstić information content (AvgIpc) is 2.93. The zero-order valence-corrected chi connectivity index (χ0v) is 14.2. The molecule has 0 spiro atoms. The highest BCUT2D eigenvalue weighted by molar-refractivity contribution is 6.06. The number of imide groups is 1. The zero-order chi connectivity index (χ0) is 17.6. The van der Waals surface area contributed by atoms with Crippen LogP contribution >= 0.6 is 0 Å². The topological polar surface area (TPSA) is 68.2 Å². The number of amides is 2. The van der Waals surface area contributed by atoms with Gasteiger partial charge in [-0.05, 0) is 42.9 Å². The van der Waals surface area contributed by atoms with Crippen LogP contribution in [0.3, 0.4) is 0 Å². The number of allylic oxidation sites excluding steroid dienone is 2. The van der Waals surface area contributed by atoms with E-state index in [1.807, 2.05) is 0 Å². The molecule has 2 fully saturated rings. The molecular formula is C19H20N2O4. The molecule has 2 amide bonds. The van der Waals surface area contributed by atoms with Crippen LogP contribution in [0.15, 0.2) is 35.5 Å². The van der Waals surface area contributed by atoms with E-state index < -0.39 is 0 Å². The van der Waals surface area contributed by atoms with Gasteiger partial charge in [-0.1, -0.05) is 12.2 Å². The summed E-state index contributed by atoms with van der Waals surface area (Å²) in [7, 11) is 3.13. The molecule has 0 N–H and O–H groups in total. The fourth-order valence-electron chi connectivity index (χ4n) is 4.23. The largest absolute Gasteiger partial charge is 0.497 e. The number of hydrazone groups is 1. The molecule has 6 heteroatoms. The summed E-state index contributed by atoms with van der Waals surface area (Å²) in [6.07, 6.45) is 7.63. The first-order chi connectivity index (χ1) is 12.1. The van der Waals surface area contributed by atoms with Crippen LogP contribution in [-0.2, 0) is 9.59 Å². The lowest BCUT2D eigenvalue weighted by atomic mass is 9.63. The minimum atomic E-state index is -0.249.